The quantitative estimate of drug-likeness (QED) is 0.803. The molecule has 1 heterocycles. The first-order valence-corrected chi connectivity index (χ1v) is 7.35. The molecule has 1 aromatic rings. The van der Waals surface area contributed by atoms with Gasteiger partial charge in [0, 0.05) is 18.0 Å². The van der Waals surface area contributed by atoms with Crippen molar-refractivity contribution in [3.05, 3.63) is 16.5 Å². The highest BCUT2D eigenvalue weighted by Gasteiger charge is 2.21. The first kappa shape index (κ1) is 13.5. The van der Waals surface area contributed by atoms with E-state index in [-0.39, 0.29) is 0 Å². The summed E-state index contributed by atoms with van der Waals surface area (Å²) in [5.74, 6) is 3.10. The van der Waals surface area contributed by atoms with Crippen molar-refractivity contribution in [2.45, 2.75) is 58.4 Å². The van der Waals surface area contributed by atoms with E-state index in [1.807, 2.05) is 6.07 Å². The number of rotatable bonds is 3. The molecule has 2 unspecified atom stereocenters. The van der Waals surface area contributed by atoms with E-state index in [1.165, 1.54) is 25.7 Å². The van der Waals surface area contributed by atoms with Gasteiger partial charge in [0.15, 0.2) is 0 Å². The summed E-state index contributed by atoms with van der Waals surface area (Å²) >= 11 is 5.23. The van der Waals surface area contributed by atoms with Crippen LogP contribution in [0.25, 0.3) is 0 Å². The molecular formula is C14H23N3S. The Hall–Kier alpha value is -0.900. The third-order valence-corrected chi connectivity index (χ3v) is 3.97. The largest absolute Gasteiger partial charge is 0.369 e. The van der Waals surface area contributed by atoms with Crippen LogP contribution in [0.5, 0.6) is 0 Å². The number of nitrogens with zero attached hydrogens (tertiary/aromatic N) is 1. The Morgan fingerprint density at radius 2 is 2.11 bits per heavy atom. The lowest BCUT2D eigenvalue weighted by Crippen LogP contribution is -2.30. The summed E-state index contributed by atoms with van der Waals surface area (Å²) in [5.41, 5.74) is 0. The lowest BCUT2D eigenvalue weighted by atomic mass is 9.86. The van der Waals surface area contributed by atoms with Gasteiger partial charge in [-0.1, -0.05) is 45.8 Å². The molecule has 1 aromatic heterocycles. The summed E-state index contributed by atoms with van der Waals surface area (Å²) in [6.45, 7) is 6.58. The summed E-state index contributed by atoms with van der Waals surface area (Å²) in [7, 11) is 0. The summed E-state index contributed by atoms with van der Waals surface area (Å²) in [4.78, 5) is 7.73. The normalized spacial score (nSPS) is 24.2. The van der Waals surface area contributed by atoms with Crippen LogP contribution in [0.4, 0.5) is 5.82 Å². The molecule has 0 spiro atoms. The van der Waals surface area contributed by atoms with Crippen LogP contribution in [-0.2, 0) is 0 Å². The minimum atomic E-state index is 0.372. The van der Waals surface area contributed by atoms with Gasteiger partial charge in [0.2, 0.25) is 0 Å². The summed E-state index contributed by atoms with van der Waals surface area (Å²) in [6, 6.07) is 2.49. The molecule has 0 bridgehead atoms. The zero-order valence-electron chi connectivity index (χ0n) is 11.5. The molecule has 2 N–H and O–H groups in total. The lowest BCUT2D eigenvalue weighted by molar-refractivity contribution is 0.349. The molecule has 0 aromatic carbocycles. The maximum Gasteiger partial charge on any atom is 0.131 e. The highest BCUT2D eigenvalue weighted by Crippen LogP contribution is 2.26. The van der Waals surface area contributed by atoms with Crippen LogP contribution < -0.4 is 5.32 Å². The Morgan fingerprint density at radius 3 is 2.78 bits per heavy atom. The fourth-order valence-electron chi connectivity index (χ4n) is 2.56. The van der Waals surface area contributed by atoms with E-state index < -0.39 is 0 Å². The average Bonchev–Trinajstić information content (AvgIpc) is 2.31. The standard InChI is InChI=1S/C14H23N3S/c1-9(2)14-16-12(8-13(18)17-14)15-11-7-5-4-6-10(11)3/h8-11H,4-7H2,1-3H3,(H2,15,16,17,18). The highest BCUT2D eigenvalue weighted by molar-refractivity contribution is 7.71. The fourth-order valence-corrected chi connectivity index (χ4v) is 2.77. The van der Waals surface area contributed by atoms with Crippen molar-refractivity contribution in [3.8, 4) is 0 Å². The first-order valence-electron chi connectivity index (χ1n) is 6.94. The van der Waals surface area contributed by atoms with Crippen LogP contribution in [-0.4, -0.2) is 16.0 Å². The second-order valence-corrected chi connectivity index (χ2v) is 6.10. The Labute approximate surface area is 114 Å². The molecule has 2 rings (SSSR count). The predicted octanol–water partition coefficient (Wildman–Crippen LogP) is 4.25. The van der Waals surface area contributed by atoms with Crippen molar-refractivity contribution in [2.75, 3.05) is 5.32 Å². The highest BCUT2D eigenvalue weighted by atomic mass is 32.1. The molecule has 4 heteroatoms. The van der Waals surface area contributed by atoms with Crippen LogP contribution in [0, 0.1) is 10.6 Å². The van der Waals surface area contributed by atoms with Crippen LogP contribution in [0.15, 0.2) is 6.07 Å². The van der Waals surface area contributed by atoms with Gasteiger partial charge in [-0.25, -0.2) is 4.98 Å². The number of aromatic amines is 1. The minimum absolute atomic E-state index is 0.372. The molecule has 2 atom stereocenters. The van der Waals surface area contributed by atoms with Crippen LogP contribution in [0.1, 0.15) is 58.2 Å². The molecule has 1 fully saturated rings. The van der Waals surface area contributed by atoms with E-state index >= 15 is 0 Å². The number of hydrogen-bond donors (Lipinski definition) is 2. The third kappa shape index (κ3) is 3.31. The molecule has 0 aliphatic heterocycles. The van der Waals surface area contributed by atoms with Crippen LogP contribution in [0.2, 0.25) is 0 Å². The molecule has 100 valence electrons. The van der Waals surface area contributed by atoms with Gasteiger partial charge in [-0.2, -0.15) is 0 Å². The SMILES string of the molecule is CC(C)c1nc(=S)cc(NC2CCCCC2C)[nH]1. The van der Waals surface area contributed by atoms with Crippen molar-refractivity contribution in [1.82, 2.24) is 9.97 Å². The second kappa shape index (κ2) is 5.83. The van der Waals surface area contributed by atoms with Crippen molar-refractivity contribution in [1.29, 1.82) is 0 Å². The maximum atomic E-state index is 5.23. The van der Waals surface area contributed by atoms with E-state index in [0.717, 1.165) is 17.6 Å². The van der Waals surface area contributed by atoms with Crippen molar-refractivity contribution in [3.63, 3.8) is 0 Å². The number of anilines is 1. The summed E-state index contributed by atoms with van der Waals surface area (Å²) in [5, 5.41) is 3.60. The predicted molar refractivity (Wildman–Crippen MR) is 78.6 cm³/mol. The van der Waals surface area contributed by atoms with E-state index in [2.05, 4.69) is 36.1 Å². The number of hydrogen-bond acceptors (Lipinski definition) is 3. The van der Waals surface area contributed by atoms with Gasteiger partial charge < -0.3 is 10.3 Å². The Kier molecular flexibility index (Phi) is 4.38. The monoisotopic (exact) mass is 265 g/mol. The van der Waals surface area contributed by atoms with Crippen molar-refractivity contribution < 1.29 is 0 Å². The zero-order chi connectivity index (χ0) is 13.1. The van der Waals surface area contributed by atoms with Gasteiger partial charge in [0.1, 0.15) is 16.3 Å². The maximum absolute atomic E-state index is 5.23. The van der Waals surface area contributed by atoms with Gasteiger partial charge in [-0.05, 0) is 18.8 Å². The molecule has 1 aliphatic rings. The van der Waals surface area contributed by atoms with E-state index in [0.29, 0.717) is 16.6 Å². The lowest BCUT2D eigenvalue weighted by Gasteiger charge is -2.30. The van der Waals surface area contributed by atoms with Gasteiger partial charge in [-0.15, -0.1) is 0 Å². The number of nitrogens with one attached hydrogen (secondary N) is 2. The van der Waals surface area contributed by atoms with Crippen LogP contribution in [0.3, 0.4) is 0 Å². The summed E-state index contributed by atoms with van der Waals surface area (Å²) < 4.78 is 0.670. The average molecular weight is 265 g/mol. The smallest absolute Gasteiger partial charge is 0.131 e. The summed E-state index contributed by atoms with van der Waals surface area (Å²) in [6.07, 6.45) is 5.26. The Balaban J connectivity index is 2.15. The molecule has 0 saturated heterocycles. The van der Waals surface area contributed by atoms with Crippen molar-refractivity contribution >= 4 is 18.0 Å². The van der Waals surface area contributed by atoms with E-state index in [4.69, 9.17) is 12.2 Å². The molecular weight excluding hydrogens is 242 g/mol. The van der Waals surface area contributed by atoms with Gasteiger partial charge in [0.25, 0.3) is 0 Å². The van der Waals surface area contributed by atoms with Gasteiger partial charge in [-0.3, -0.25) is 0 Å². The second-order valence-electron chi connectivity index (χ2n) is 5.69. The molecule has 1 aliphatic carbocycles. The zero-order valence-corrected chi connectivity index (χ0v) is 12.3. The molecule has 3 nitrogen and oxygen atoms in total. The van der Waals surface area contributed by atoms with Crippen molar-refractivity contribution in [2.24, 2.45) is 5.92 Å². The Morgan fingerprint density at radius 1 is 1.39 bits per heavy atom. The first-order chi connectivity index (χ1) is 8.56. The minimum Gasteiger partial charge on any atom is -0.369 e. The third-order valence-electron chi connectivity index (χ3n) is 3.76. The van der Waals surface area contributed by atoms with Gasteiger partial charge >= 0.3 is 0 Å². The molecule has 0 radical (unpaired) electrons. The van der Waals surface area contributed by atoms with Gasteiger partial charge in [0.05, 0.1) is 0 Å². The Bertz CT molecular complexity index is 453. The topological polar surface area (TPSA) is 40.7 Å². The molecule has 18 heavy (non-hydrogen) atoms. The number of H-pyrrole nitrogens is 1. The molecule has 1 saturated carbocycles. The fraction of sp³-hybridized carbons (Fsp3) is 0.714. The van der Waals surface area contributed by atoms with E-state index in [1.54, 1.807) is 0 Å². The van der Waals surface area contributed by atoms with Crippen LogP contribution >= 0.6 is 12.2 Å². The molecule has 0 amide bonds. The van der Waals surface area contributed by atoms with E-state index in [9.17, 15) is 0 Å². The number of aromatic nitrogens is 2.